The number of fused-ring (bicyclic) bond motifs is 1. The van der Waals surface area contributed by atoms with Gasteiger partial charge in [-0.25, -0.2) is 0 Å². The molecule has 1 atom stereocenters. The van der Waals surface area contributed by atoms with E-state index in [1.807, 2.05) is 18.2 Å². The summed E-state index contributed by atoms with van der Waals surface area (Å²) in [6.45, 7) is 6.46. The van der Waals surface area contributed by atoms with E-state index in [1.54, 1.807) is 0 Å². The summed E-state index contributed by atoms with van der Waals surface area (Å²) in [7, 11) is 0. The van der Waals surface area contributed by atoms with E-state index >= 15 is 0 Å². The lowest BCUT2D eigenvalue weighted by atomic mass is 9.84. The van der Waals surface area contributed by atoms with Crippen molar-refractivity contribution in [3.05, 3.63) is 94.0 Å². The van der Waals surface area contributed by atoms with Gasteiger partial charge in [-0.3, -0.25) is 4.99 Å². The number of anilines is 1. The quantitative estimate of drug-likeness (QED) is 0.523. The van der Waals surface area contributed by atoms with Crippen molar-refractivity contribution in [3.63, 3.8) is 0 Å². The molecule has 2 nitrogen and oxygen atoms in total. The number of benzene rings is 3. The highest BCUT2D eigenvalue weighted by Crippen LogP contribution is 2.40. The molecule has 0 aromatic heterocycles. The maximum atomic E-state index is 6.25. The van der Waals surface area contributed by atoms with Crippen LogP contribution in [0.25, 0.3) is 0 Å². The lowest BCUT2D eigenvalue weighted by Gasteiger charge is -2.32. The second kappa shape index (κ2) is 6.86. The summed E-state index contributed by atoms with van der Waals surface area (Å²) in [5.41, 5.74) is 7.58. The van der Waals surface area contributed by atoms with Crippen molar-refractivity contribution in [3.8, 4) is 0 Å². The number of hydrogen-bond donors (Lipinski definition) is 1. The number of hydrogen-bond acceptors (Lipinski definition) is 2. The summed E-state index contributed by atoms with van der Waals surface area (Å²) < 4.78 is 0. The summed E-state index contributed by atoms with van der Waals surface area (Å²) >= 11 is 6.25. The van der Waals surface area contributed by atoms with Crippen molar-refractivity contribution >= 4 is 28.7 Å². The third-order valence-corrected chi connectivity index (χ3v) is 5.46. The molecule has 3 heteroatoms. The Morgan fingerprint density at radius 3 is 2.19 bits per heavy atom. The summed E-state index contributed by atoms with van der Waals surface area (Å²) in [6, 6.07) is 23.2. The van der Waals surface area contributed by atoms with Crippen LogP contribution in [0.15, 0.2) is 71.7 Å². The normalized spacial score (nSPS) is 18.9. The number of aryl methyl sites for hydroxylation is 2. The molecule has 1 aliphatic rings. The summed E-state index contributed by atoms with van der Waals surface area (Å²) in [4.78, 5) is 5.01. The highest BCUT2D eigenvalue weighted by molar-refractivity contribution is 6.31. The fourth-order valence-electron chi connectivity index (χ4n) is 3.57. The Bertz CT molecular complexity index is 1000. The van der Waals surface area contributed by atoms with E-state index in [-0.39, 0.29) is 5.54 Å². The molecule has 1 unspecified atom stereocenters. The molecule has 1 N–H and O–H groups in total. The first-order valence-corrected chi connectivity index (χ1v) is 9.60. The predicted molar refractivity (Wildman–Crippen MR) is 116 cm³/mol. The molecule has 1 aliphatic heterocycles. The van der Waals surface area contributed by atoms with Gasteiger partial charge < -0.3 is 5.32 Å². The van der Waals surface area contributed by atoms with Gasteiger partial charge in [0, 0.05) is 11.4 Å². The van der Waals surface area contributed by atoms with Crippen molar-refractivity contribution in [1.82, 2.24) is 0 Å². The summed E-state index contributed by atoms with van der Waals surface area (Å²) in [5.74, 6) is 0. The van der Waals surface area contributed by atoms with Gasteiger partial charge in [-0.05, 0) is 50.1 Å². The Morgan fingerprint density at radius 1 is 0.889 bits per heavy atom. The van der Waals surface area contributed by atoms with Crippen molar-refractivity contribution in [1.29, 1.82) is 0 Å². The Kier molecular flexibility index (Phi) is 4.53. The average Bonchev–Trinajstić information content (AvgIpc) is 2.79. The van der Waals surface area contributed by atoms with Gasteiger partial charge >= 0.3 is 0 Å². The number of nitrogens with zero attached hydrogens (tertiary/aromatic N) is 1. The molecule has 3 aromatic carbocycles. The first-order valence-electron chi connectivity index (χ1n) is 9.22. The zero-order valence-corrected chi connectivity index (χ0v) is 16.6. The minimum Gasteiger partial charge on any atom is -0.374 e. The first-order chi connectivity index (χ1) is 12.9. The monoisotopic (exact) mass is 374 g/mol. The van der Waals surface area contributed by atoms with E-state index in [1.165, 1.54) is 16.7 Å². The van der Waals surface area contributed by atoms with Crippen LogP contribution in [-0.4, -0.2) is 5.71 Å². The van der Waals surface area contributed by atoms with Crippen LogP contribution in [0.3, 0.4) is 0 Å². The van der Waals surface area contributed by atoms with Crippen LogP contribution in [0.1, 0.15) is 35.6 Å². The smallest absolute Gasteiger partial charge is 0.0879 e. The molecule has 27 heavy (non-hydrogen) atoms. The van der Waals surface area contributed by atoms with Crippen LogP contribution < -0.4 is 5.32 Å². The third kappa shape index (κ3) is 3.63. The predicted octanol–water partition coefficient (Wildman–Crippen LogP) is 6.81. The average molecular weight is 375 g/mol. The van der Waals surface area contributed by atoms with Crippen molar-refractivity contribution in [2.24, 2.45) is 4.99 Å². The molecule has 136 valence electrons. The van der Waals surface area contributed by atoms with E-state index in [9.17, 15) is 0 Å². The molecule has 4 rings (SSSR count). The van der Waals surface area contributed by atoms with Gasteiger partial charge in [0.05, 0.1) is 22.6 Å². The Labute approximate surface area is 165 Å². The standard InChI is InChI=1S/C24H23ClN2/c1-16-4-8-18(9-5-16)23-15-24(3,19-10-6-17(2)7-11-19)27-21-13-12-20(25)14-22(21)26-23/h4-14,27H,15H2,1-3H3. The fraction of sp³-hybridized carbons (Fsp3) is 0.208. The third-order valence-electron chi connectivity index (χ3n) is 5.22. The van der Waals surface area contributed by atoms with E-state index in [0.29, 0.717) is 5.02 Å². The second-order valence-corrected chi connectivity index (χ2v) is 8.02. The topological polar surface area (TPSA) is 24.4 Å². The van der Waals surface area contributed by atoms with Gasteiger partial charge in [0.1, 0.15) is 0 Å². The Balaban J connectivity index is 1.86. The van der Waals surface area contributed by atoms with E-state index in [2.05, 4.69) is 74.6 Å². The molecule has 0 aliphatic carbocycles. The van der Waals surface area contributed by atoms with Crippen LogP contribution in [0.4, 0.5) is 11.4 Å². The van der Waals surface area contributed by atoms with Crippen LogP contribution in [-0.2, 0) is 5.54 Å². The van der Waals surface area contributed by atoms with Crippen LogP contribution in [0, 0.1) is 13.8 Å². The van der Waals surface area contributed by atoms with E-state index < -0.39 is 0 Å². The molecule has 1 heterocycles. The number of halogens is 1. The first kappa shape index (κ1) is 17.8. The van der Waals surface area contributed by atoms with Crippen molar-refractivity contribution < 1.29 is 0 Å². The fourth-order valence-corrected chi connectivity index (χ4v) is 3.74. The van der Waals surface area contributed by atoms with Gasteiger partial charge in [-0.2, -0.15) is 0 Å². The van der Waals surface area contributed by atoms with Crippen LogP contribution in [0.2, 0.25) is 5.02 Å². The molecule has 0 radical (unpaired) electrons. The SMILES string of the molecule is Cc1ccc(C2=Nc3cc(Cl)ccc3NC(C)(c3ccc(C)cc3)C2)cc1. The largest absolute Gasteiger partial charge is 0.374 e. The number of aliphatic imine (C=N–C) groups is 1. The molecule has 0 fully saturated rings. The zero-order valence-electron chi connectivity index (χ0n) is 15.9. The minimum absolute atomic E-state index is 0.267. The van der Waals surface area contributed by atoms with Gasteiger partial charge in [-0.1, -0.05) is 71.3 Å². The Morgan fingerprint density at radius 2 is 1.52 bits per heavy atom. The molecule has 0 saturated carbocycles. The number of nitrogens with one attached hydrogen (secondary N) is 1. The molecule has 0 amide bonds. The summed E-state index contributed by atoms with van der Waals surface area (Å²) in [6.07, 6.45) is 0.783. The maximum Gasteiger partial charge on any atom is 0.0879 e. The van der Waals surface area contributed by atoms with Crippen LogP contribution in [0.5, 0.6) is 0 Å². The van der Waals surface area contributed by atoms with E-state index in [0.717, 1.165) is 29.1 Å². The van der Waals surface area contributed by atoms with Gasteiger partial charge in [0.25, 0.3) is 0 Å². The van der Waals surface area contributed by atoms with Crippen molar-refractivity contribution in [2.75, 3.05) is 5.32 Å². The van der Waals surface area contributed by atoms with Gasteiger partial charge in [0.2, 0.25) is 0 Å². The molecule has 0 bridgehead atoms. The lowest BCUT2D eigenvalue weighted by molar-refractivity contribution is 0.571. The lowest BCUT2D eigenvalue weighted by Crippen LogP contribution is -2.33. The highest BCUT2D eigenvalue weighted by Gasteiger charge is 2.32. The highest BCUT2D eigenvalue weighted by atomic mass is 35.5. The second-order valence-electron chi connectivity index (χ2n) is 7.59. The zero-order chi connectivity index (χ0) is 19.0. The maximum absolute atomic E-state index is 6.25. The van der Waals surface area contributed by atoms with Gasteiger partial charge in [-0.15, -0.1) is 0 Å². The molecular formula is C24H23ClN2. The number of rotatable bonds is 2. The Hall–Kier alpha value is -2.58. The molecule has 0 saturated heterocycles. The van der Waals surface area contributed by atoms with Crippen molar-refractivity contribution in [2.45, 2.75) is 32.7 Å². The van der Waals surface area contributed by atoms with Crippen LogP contribution >= 0.6 is 11.6 Å². The molecular weight excluding hydrogens is 352 g/mol. The molecule has 3 aromatic rings. The summed E-state index contributed by atoms with van der Waals surface area (Å²) in [5, 5.41) is 4.43. The van der Waals surface area contributed by atoms with Gasteiger partial charge in [0.15, 0.2) is 0 Å². The van der Waals surface area contributed by atoms with E-state index in [4.69, 9.17) is 16.6 Å². The molecule has 0 spiro atoms. The minimum atomic E-state index is -0.267.